The molecule has 0 amide bonds. The Balaban J connectivity index is 1.34. The van der Waals surface area contributed by atoms with Crippen molar-refractivity contribution < 1.29 is 13.5 Å². The molecule has 2 aromatic rings. The number of halogens is 2. The van der Waals surface area contributed by atoms with Crippen LogP contribution in [0.1, 0.15) is 122 Å². The molecule has 1 aromatic carbocycles. The van der Waals surface area contributed by atoms with Crippen molar-refractivity contribution in [3.05, 3.63) is 41.7 Å². The van der Waals surface area contributed by atoms with Crippen molar-refractivity contribution in [3.8, 4) is 17.1 Å². The maximum absolute atomic E-state index is 14.7. The zero-order valence-corrected chi connectivity index (χ0v) is 22.4. The van der Waals surface area contributed by atoms with Crippen LogP contribution in [-0.4, -0.2) is 16.6 Å². The first-order valence-electron chi connectivity index (χ1n) is 14.6. The average Bonchev–Trinajstić information content (AvgIpc) is 3.42. The lowest BCUT2D eigenvalue weighted by Gasteiger charge is -2.10. The fraction of sp³-hybridized carbons (Fsp3) is 0.677. The molecule has 36 heavy (non-hydrogen) atoms. The highest BCUT2D eigenvalue weighted by Crippen LogP contribution is 2.29. The fourth-order valence-corrected chi connectivity index (χ4v) is 5.31. The Kier molecular flexibility index (Phi) is 13.2. The Labute approximate surface area is 217 Å². The summed E-state index contributed by atoms with van der Waals surface area (Å²) < 4.78 is 35.1. The van der Waals surface area contributed by atoms with E-state index in [1.165, 1.54) is 83.5 Å². The zero-order chi connectivity index (χ0) is 25.4. The van der Waals surface area contributed by atoms with Crippen molar-refractivity contribution >= 4 is 0 Å². The lowest BCUT2D eigenvalue weighted by molar-refractivity contribution is 0.301. The van der Waals surface area contributed by atoms with E-state index in [-0.39, 0.29) is 11.4 Å². The molecule has 200 valence electrons. The molecule has 1 saturated carbocycles. The second-order valence-corrected chi connectivity index (χ2v) is 10.6. The number of aromatic nitrogens is 2. The van der Waals surface area contributed by atoms with Gasteiger partial charge in [0.2, 0.25) is 0 Å². The smallest absolute Gasteiger partial charge is 0.170 e. The number of rotatable bonds is 18. The number of nitrogens with zero attached hydrogens (tertiary/aromatic N) is 2. The second kappa shape index (κ2) is 16.7. The van der Waals surface area contributed by atoms with Gasteiger partial charge in [0.05, 0.1) is 24.6 Å². The van der Waals surface area contributed by atoms with E-state index in [1.807, 2.05) is 0 Å². The quantitative estimate of drug-likeness (QED) is 0.191. The van der Waals surface area contributed by atoms with Crippen LogP contribution in [0.25, 0.3) is 11.4 Å². The maximum atomic E-state index is 14.7. The van der Waals surface area contributed by atoms with Gasteiger partial charge in [-0.05, 0) is 36.8 Å². The Morgan fingerprint density at radius 2 is 1.42 bits per heavy atom. The molecule has 0 unspecified atom stereocenters. The van der Waals surface area contributed by atoms with Crippen molar-refractivity contribution in [2.24, 2.45) is 5.92 Å². The van der Waals surface area contributed by atoms with Crippen LogP contribution in [0, 0.1) is 17.6 Å². The molecule has 1 aliphatic rings. The largest absolute Gasteiger partial charge is 0.490 e. The lowest BCUT2D eigenvalue weighted by Crippen LogP contribution is -2.01. The summed E-state index contributed by atoms with van der Waals surface area (Å²) >= 11 is 0. The molecule has 0 aliphatic heterocycles. The number of ether oxygens (including phenoxy) is 1. The molecule has 3 nitrogen and oxygen atoms in total. The molecule has 0 bridgehead atoms. The minimum Gasteiger partial charge on any atom is -0.490 e. The third-order valence-corrected chi connectivity index (χ3v) is 7.58. The fourth-order valence-electron chi connectivity index (χ4n) is 5.31. The molecule has 1 aromatic heterocycles. The third-order valence-electron chi connectivity index (χ3n) is 7.58. The van der Waals surface area contributed by atoms with E-state index < -0.39 is 11.6 Å². The topological polar surface area (TPSA) is 35.0 Å². The van der Waals surface area contributed by atoms with Gasteiger partial charge in [0, 0.05) is 0 Å². The molecule has 1 aliphatic carbocycles. The summed E-state index contributed by atoms with van der Waals surface area (Å²) in [7, 11) is 0. The van der Waals surface area contributed by atoms with Crippen molar-refractivity contribution in [2.75, 3.05) is 6.61 Å². The molecule has 0 spiro atoms. The number of unbranched alkanes of at least 4 members (excludes halogenated alkanes) is 10. The standard InChI is InChI=1S/C31H46F2N2O/c1-2-3-4-5-6-9-12-19-26-20-21-28(30(33)29(26)32)31-34-23-27(24-35-31)36-22-15-10-7-8-11-16-25-17-13-14-18-25/h20-21,23-25H,2-19,22H2,1H3. The van der Waals surface area contributed by atoms with Gasteiger partial charge in [0.1, 0.15) is 0 Å². The van der Waals surface area contributed by atoms with Crippen LogP contribution in [0.2, 0.25) is 0 Å². The monoisotopic (exact) mass is 500 g/mol. The Hall–Kier alpha value is -2.04. The van der Waals surface area contributed by atoms with Gasteiger partial charge in [-0.25, -0.2) is 18.7 Å². The van der Waals surface area contributed by atoms with Crippen LogP contribution < -0.4 is 4.74 Å². The van der Waals surface area contributed by atoms with Gasteiger partial charge in [-0.2, -0.15) is 0 Å². The van der Waals surface area contributed by atoms with Gasteiger partial charge in [0.25, 0.3) is 0 Å². The summed E-state index contributed by atoms with van der Waals surface area (Å²) in [6.45, 7) is 2.83. The summed E-state index contributed by atoms with van der Waals surface area (Å²) in [5.74, 6) is 0.108. The van der Waals surface area contributed by atoms with Crippen LogP contribution in [0.15, 0.2) is 24.5 Å². The van der Waals surface area contributed by atoms with E-state index in [4.69, 9.17) is 4.74 Å². The maximum Gasteiger partial charge on any atom is 0.170 e. The first kappa shape index (κ1) is 28.5. The normalized spacial score (nSPS) is 14.0. The van der Waals surface area contributed by atoms with Crippen LogP contribution in [0.4, 0.5) is 8.78 Å². The Morgan fingerprint density at radius 3 is 2.14 bits per heavy atom. The minimum absolute atomic E-state index is 0.0972. The number of benzene rings is 1. The molecule has 0 saturated heterocycles. The summed E-state index contributed by atoms with van der Waals surface area (Å²) in [6, 6.07) is 3.27. The Morgan fingerprint density at radius 1 is 0.778 bits per heavy atom. The van der Waals surface area contributed by atoms with Gasteiger partial charge < -0.3 is 4.74 Å². The number of aryl methyl sites for hydroxylation is 1. The van der Waals surface area contributed by atoms with Gasteiger partial charge in [-0.3, -0.25) is 0 Å². The van der Waals surface area contributed by atoms with Gasteiger partial charge in [-0.15, -0.1) is 0 Å². The Bertz CT molecular complexity index is 866. The summed E-state index contributed by atoms with van der Waals surface area (Å²) in [4.78, 5) is 8.45. The van der Waals surface area contributed by atoms with Crippen LogP contribution >= 0.6 is 0 Å². The first-order valence-corrected chi connectivity index (χ1v) is 14.6. The van der Waals surface area contributed by atoms with Crippen molar-refractivity contribution in [3.63, 3.8) is 0 Å². The van der Waals surface area contributed by atoms with Crippen molar-refractivity contribution in [2.45, 2.75) is 122 Å². The molecule has 0 atom stereocenters. The molecular weight excluding hydrogens is 454 g/mol. The molecule has 5 heteroatoms. The van der Waals surface area contributed by atoms with E-state index in [9.17, 15) is 8.78 Å². The predicted molar refractivity (Wildman–Crippen MR) is 144 cm³/mol. The minimum atomic E-state index is -0.864. The summed E-state index contributed by atoms with van der Waals surface area (Å²) in [5.41, 5.74) is 0.531. The lowest BCUT2D eigenvalue weighted by atomic mass is 9.99. The van der Waals surface area contributed by atoms with Gasteiger partial charge >= 0.3 is 0 Å². The van der Waals surface area contributed by atoms with Crippen LogP contribution in [-0.2, 0) is 6.42 Å². The molecule has 1 heterocycles. The summed E-state index contributed by atoms with van der Waals surface area (Å²) in [5, 5.41) is 0. The highest BCUT2D eigenvalue weighted by Gasteiger charge is 2.17. The number of hydrogen-bond donors (Lipinski definition) is 0. The first-order chi connectivity index (χ1) is 17.7. The molecule has 0 N–H and O–H groups in total. The number of hydrogen-bond acceptors (Lipinski definition) is 3. The molecule has 1 fully saturated rings. The predicted octanol–water partition coefficient (Wildman–Crippen LogP) is 9.62. The third kappa shape index (κ3) is 9.78. The van der Waals surface area contributed by atoms with E-state index in [0.29, 0.717) is 24.3 Å². The SMILES string of the molecule is CCCCCCCCCc1ccc(-c2ncc(OCCCCCCCC3CCCC3)cn2)c(F)c1F. The highest BCUT2D eigenvalue weighted by molar-refractivity contribution is 5.57. The van der Waals surface area contributed by atoms with Crippen molar-refractivity contribution in [1.82, 2.24) is 9.97 Å². The van der Waals surface area contributed by atoms with E-state index in [1.54, 1.807) is 24.5 Å². The highest BCUT2D eigenvalue weighted by atomic mass is 19.2. The molecule has 0 radical (unpaired) electrons. The molecular formula is C31H46F2N2O. The molecule has 3 rings (SSSR count). The van der Waals surface area contributed by atoms with Gasteiger partial charge in [0.15, 0.2) is 23.2 Å². The van der Waals surface area contributed by atoms with Crippen molar-refractivity contribution in [1.29, 1.82) is 0 Å². The summed E-state index contributed by atoms with van der Waals surface area (Å²) in [6.07, 6.45) is 25.0. The van der Waals surface area contributed by atoms with Crippen LogP contribution in [0.5, 0.6) is 5.75 Å². The van der Waals surface area contributed by atoms with E-state index in [0.717, 1.165) is 31.6 Å². The van der Waals surface area contributed by atoms with E-state index in [2.05, 4.69) is 16.9 Å². The van der Waals surface area contributed by atoms with Crippen LogP contribution in [0.3, 0.4) is 0 Å². The second-order valence-electron chi connectivity index (χ2n) is 10.6. The average molecular weight is 501 g/mol. The zero-order valence-electron chi connectivity index (χ0n) is 22.4. The van der Waals surface area contributed by atoms with Gasteiger partial charge in [-0.1, -0.05) is 109 Å². The van der Waals surface area contributed by atoms with E-state index >= 15 is 0 Å².